The van der Waals surface area contributed by atoms with Crippen LogP contribution in [0.25, 0.3) is 0 Å². The van der Waals surface area contributed by atoms with Crippen molar-refractivity contribution >= 4 is 41.1 Å². The highest BCUT2D eigenvalue weighted by atomic mass is 16.3. The van der Waals surface area contributed by atoms with Crippen LogP contribution in [0, 0.1) is 5.92 Å². The summed E-state index contributed by atoms with van der Waals surface area (Å²) in [5, 5.41) is 19.3. The standard InChI is InChI=1S/C26H35N5O7/c1-17(2)25(26(38)28-15-21(34)29-19-9-7-18(16-32)8-10-19)30-22(35)14-27-20(33)6-4-3-5-13-31-23(36)11-12-24(31)37/h7-12,17,25,32H,3-6,13-16H2,1-2H3,(H,27,33)(H,28,38)(H,29,34)(H,30,35)/t25-/m0/s1. The fraction of sp³-hybridized carbons (Fsp3) is 0.462. The first-order valence-corrected chi connectivity index (χ1v) is 12.5. The number of hydrogen-bond donors (Lipinski definition) is 5. The Hall–Kier alpha value is -4.06. The number of carbonyl (C=O) groups is 6. The number of rotatable bonds is 15. The van der Waals surface area contributed by atoms with Gasteiger partial charge < -0.3 is 26.4 Å². The van der Waals surface area contributed by atoms with E-state index in [2.05, 4.69) is 21.3 Å². The molecule has 0 saturated heterocycles. The van der Waals surface area contributed by atoms with Crippen LogP contribution in [0.15, 0.2) is 36.4 Å². The number of amides is 6. The van der Waals surface area contributed by atoms with E-state index < -0.39 is 23.8 Å². The Morgan fingerprint density at radius 2 is 1.47 bits per heavy atom. The Balaban J connectivity index is 1.65. The van der Waals surface area contributed by atoms with Crippen LogP contribution in [0.1, 0.15) is 45.1 Å². The van der Waals surface area contributed by atoms with Crippen LogP contribution in [-0.2, 0) is 35.4 Å². The summed E-state index contributed by atoms with van der Waals surface area (Å²) in [4.78, 5) is 73.2. The Bertz CT molecular complexity index is 1030. The third-order valence-electron chi connectivity index (χ3n) is 5.74. The van der Waals surface area contributed by atoms with Crippen molar-refractivity contribution in [1.29, 1.82) is 0 Å². The largest absolute Gasteiger partial charge is 0.392 e. The molecule has 1 aromatic carbocycles. The maximum Gasteiger partial charge on any atom is 0.253 e. The molecule has 1 aliphatic rings. The lowest BCUT2D eigenvalue weighted by atomic mass is 10.0. The molecule has 0 fully saturated rings. The molecule has 1 aromatic rings. The van der Waals surface area contributed by atoms with Crippen LogP contribution in [0.3, 0.4) is 0 Å². The molecule has 38 heavy (non-hydrogen) atoms. The van der Waals surface area contributed by atoms with Crippen molar-refractivity contribution in [3.8, 4) is 0 Å². The predicted molar refractivity (Wildman–Crippen MR) is 138 cm³/mol. The first kappa shape index (κ1) is 30.2. The Labute approximate surface area is 221 Å². The lowest BCUT2D eigenvalue weighted by molar-refractivity contribution is -0.137. The van der Waals surface area contributed by atoms with Gasteiger partial charge in [-0.05, 0) is 36.5 Å². The number of aliphatic hydroxyl groups excluding tert-OH is 1. The minimum atomic E-state index is -0.901. The summed E-state index contributed by atoms with van der Waals surface area (Å²) in [6.45, 7) is 3.07. The molecule has 0 aromatic heterocycles. The Morgan fingerprint density at radius 1 is 0.842 bits per heavy atom. The second kappa shape index (κ2) is 15.3. The number of unbranched alkanes of at least 4 members (excludes halogenated alkanes) is 2. The molecule has 2 rings (SSSR count). The van der Waals surface area contributed by atoms with Gasteiger partial charge in [0.25, 0.3) is 11.8 Å². The van der Waals surface area contributed by atoms with Crippen molar-refractivity contribution in [1.82, 2.24) is 20.9 Å². The van der Waals surface area contributed by atoms with Crippen LogP contribution in [0.4, 0.5) is 5.69 Å². The average molecular weight is 530 g/mol. The zero-order valence-electron chi connectivity index (χ0n) is 21.6. The second-order valence-corrected chi connectivity index (χ2v) is 9.16. The minimum Gasteiger partial charge on any atom is -0.392 e. The van der Waals surface area contributed by atoms with Gasteiger partial charge in [0, 0.05) is 30.8 Å². The zero-order valence-corrected chi connectivity index (χ0v) is 21.6. The highest BCUT2D eigenvalue weighted by Crippen LogP contribution is 2.10. The number of aliphatic hydroxyl groups is 1. The van der Waals surface area contributed by atoms with Gasteiger partial charge in [-0.1, -0.05) is 32.4 Å². The first-order valence-electron chi connectivity index (χ1n) is 12.5. The molecular formula is C26H35N5O7. The predicted octanol–water partition coefficient (Wildman–Crippen LogP) is -0.0240. The number of benzene rings is 1. The summed E-state index contributed by atoms with van der Waals surface area (Å²) < 4.78 is 0. The monoisotopic (exact) mass is 529 g/mol. The van der Waals surface area contributed by atoms with Crippen molar-refractivity contribution in [3.05, 3.63) is 42.0 Å². The lowest BCUT2D eigenvalue weighted by Gasteiger charge is -2.21. The summed E-state index contributed by atoms with van der Waals surface area (Å²) in [7, 11) is 0. The average Bonchev–Trinajstić information content (AvgIpc) is 3.21. The van der Waals surface area contributed by atoms with Crippen molar-refractivity contribution in [2.45, 2.75) is 52.2 Å². The summed E-state index contributed by atoms with van der Waals surface area (Å²) in [6, 6.07) is 5.69. The molecule has 1 aliphatic heterocycles. The molecule has 12 heteroatoms. The molecule has 1 atom stereocenters. The number of anilines is 1. The molecule has 0 radical (unpaired) electrons. The van der Waals surface area contributed by atoms with Gasteiger partial charge in [-0.3, -0.25) is 33.7 Å². The van der Waals surface area contributed by atoms with Crippen LogP contribution < -0.4 is 21.3 Å². The van der Waals surface area contributed by atoms with E-state index in [1.807, 2.05) is 0 Å². The highest BCUT2D eigenvalue weighted by molar-refractivity contribution is 6.12. The number of nitrogens with zero attached hydrogens (tertiary/aromatic N) is 1. The fourth-order valence-electron chi connectivity index (χ4n) is 3.59. The number of nitrogens with one attached hydrogen (secondary N) is 4. The van der Waals surface area contributed by atoms with E-state index in [4.69, 9.17) is 5.11 Å². The number of carbonyl (C=O) groups excluding carboxylic acids is 6. The van der Waals surface area contributed by atoms with Gasteiger partial charge in [0.1, 0.15) is 6.04 Å². The normalized spacial score (nSPS) is 13.4. The van der Waals surface area contributed by atoms with Crippen LogP contribution in [-0.4, -0.2) is 71.1 Å². The summed E-state index contributed by atoms with van der Waals surface area (Å²) in [5.74, 6) is -2.79. The molecule has 0 bridgehead atoms. The van der Waals surface area contributed by atoms with Gasteiger partial charge in [0.15, 0.2) is 0 Å². The van der Waals surface area contributed by atoms with Crippen molar-refractivity contribution in [2.24, 2.45) is 5.92 Å². The van der Waals surface area contributed by atoms with Crippen LogP contribution >= 0.6 is 0 Å². The van der Waals surface area contributed by atoms with E-state index in [0.29, 0.717) is 37.1 Å². The van der Waals surface area contributed by atoms with Gasteiger partial charge in [-0.25, -0.2) is 0 Å². The van der Waals surface area contributed by atoms with Gasteiger partial charge in [0.2, 0.25) is 23.6 Å². The molecule has 0 unspecified atom stereocenters. The van der Waals surface area contributed by atoms with E-state index in [1.54, 1.807) is 38.1 Å². The highest BCUT2D eigenvalue weighted by Gasteiger charge is 2.25. The second-order valence-electron chi connectivity index (χ2n) is 9.16. The summed E-state index contributed by atoms with van der Waals surface area (Å²) in [6.07, 6.45) is 4.37. The Kier molecular flexibility index (Phi) is 12.1. The molecule has 0 saturated carbocycles. The molecule has 0 spiro atoms. The SMILES string of the molecule is CC(C)[C@H](NC(=O)CNC(=O)CCCCCN1C(=O)C=CC1=O)C(=O)NCC(=O)Nc1ccc(CO)cc1. The summed E-state index contributed by atoms with van der Waals surface area (Å²) >= 11 is 0. The molecule has 5 N–H and O–H groups in total. The minimum absolute atomic E-state index is 0.110. The van der Waals surface area contributed by atoms with Gasteiger partial charge in [0.05, 0.1) is 19.7 Å². The summed E-state index contributed by atoms with van der Waals surface area (Å²) in [5.41, 5.74) is 1.21. The first-order chi connectivity index (χ1) is 18.1. The lowest BCUT2D eigenvalue weighted by Crippen LogP contribution is -2.52. The molecule has 6 amide bonds. The van der Waals surface area contributed by atoms with Gasteiger partial charge in [-0.2, -0.15) is 0 Å². The zero-order chi connectivity index (χ0) is 28.1. The van der Waals surface area contributed by atoms with E-state index >= 15 is 0 Å². The van der Waals surface area contributed by atoms with Crippen molar-refractivity contribution < 1.29 is 33.9 Å². The topological polar surface area (TPSA) is 174 Å². The van der Waals surface area contributed by atoms with E-state index in [-0.39, 0.29) is 49.8 Å². The van der Waals surface area contributed by atoms with E-state index in [0.717, 1.165) is 4.90 Å². The maximum absolute atomic E-state index is 12.6. The van der Waals surface area contributed by atoms with Gasteiger partial charge in [-0.15, -0.1) is 0 Å². The smallest absolute Gasteiger partial charge is 0.253 e. The molecule has 1 heterocycles. The van der Waals surface area contributed by atoms with Gasteiger partial charge >= 0.3 is 0 Å². The number of imide groups is 1. The molecule has 12 nitrogen and oxygen atoms in total. The fourth-order valence-corrected chi connectivity index (χ4v) is 3.59. The molecular weight excluding hydrogens is 494 g/mol. The third kappa shape index (κ3) is 10.1. The van der Waals surface area contributed by atoms with Crippen molar-refractivity contribution in [3.63, 3.8) is 0 Å². The van der Waals surface area contributed by atoms with E-state index in [1.165, 1.54) is 12.2 Å². The third-order valence-corrected chi connectivity index (χ3v) is 5.74. The van der Waals surface area contributed by atoms with Crippen molar-refractivity contribution in [2.75, 3.05) is 25.0 Å². The maximum atomic E-state index is 12.6. The van der Waals surface area contributed by atoms with Crippen LogP contribution in [0.5, 0.6) is 0 Å². The van der Waals surface area contributed by atoms with Crippen LogP contribution in [0.2, 0.25) is 0 Å². The Morgan fingerprint density at radius 3 is 2.08 bits per heavy atom. The molecule has 0 aliphatic carbocycles. The quantitative estimate of drug-likeness (QED) is 0.157. The number of hydrogen-bond acceptors (Lipinski definition) is 7. The van der Waals surface area contributed by atoms with E-state index in [9.17, 15) is 28.8 Å². The molecule has 206 valence electrons.